The normalized spacial score (nSPS) is 10.8. The summed E-state index contributed by atoms with van der Waals surface area (Å²) in [4.78, 5) is 27.0. The summed E-state index contributed by atoms with van der Waals surface area (Å²) in [6, 6.07) is 27.4. The van der Waals surface area contributed by atoms with Crippen molar-refractivity contribution < 1.29 is 18.7 Å². The molecule has 41 heavy (non-hydrogen) atoms. The molecule has 0 atom stereocenters. The van der Waals surface area contributed by atoms with E-state index < -0.39 is 11.8 Å². The zero-order valence-electron chi connectivity index (χ0n) is 22.6. The van der Waals surface area contributed by atoms with Crippen LogP contribution in [0.2, 0.25) is 5.02 Å². The molecule has 0 spiro atoms. The Balaban J connectivity index is 1.61. The van der Waals surface area contributed by atoms with Crippen LogP contribution in [0.4, 0.5) is 15.8 Å². The second-order valence-corrected chi connectivity index (χ2v) is 9.93. The van der Waals surface area contributed by atoms with Crippen LogP contribution in [-0.4, -0.2) is 35.8 Å². The summed E-state index contributed by atoms with van der Waals surface area (Å²) in [6.45, 7) is 1.31. The Labute approximate surface area is 241 Å². The number of nitrogens with one attached hydrogen (secondary N) is 1. The third-order valence-electron chi connectivity index (χ3n) is 6.33. The van der Waals surface area contributed by atoms with Crippen molar-refractivity contribution in [3.8, 4) is 34.0 Å². The lowest BCUT2D eigenvalue weighted by molar-refractivity contribution is -0.132. The van der Waals surface area contributed by atoms with Crippen LogP contribution in [0.25, 0.3) is 28.1 Å². The Morgan fingerprint density at radius 3 is 2.17 bits per heavy atom. The molecule has 5 rings (SSSR count). The number of ether oxygens (including phenoxy) is 1. The first-order valence-corrected chi connectivity index (χ1v) is 13.1. The number of esters is 1. The molecule has 1 heterocycles. The molecular formula is C32H26ClFN4O3. The van der Waals surface area contributed by atoms with E-state index >= 15 is 0 Å². The maximum Gasteiger partial charge on any atom is 0.309 e. The monoisotopic (exact) mass is 568 g/mol. The smallest absolute Gasteiger partial charge is 0.309 e. The molecule has 5 aromatic rings. The van der Waals surface area contributed by atoms with Crippen molar-refractivity contribution in [2.75, 3.05) is 24.3 Å². The maximum absolute atomic E-state index is 13.7. The van der Waals surface area contributed by atoms with Crippen LogP contribution in [-0.2, 0) is 4.79 Å². The lowest BCUT2D eigenvalue weighted by atomic mass is 10.0. The number of halogens is 2. The van der Waals surface area contributed by atoms with Gasteiger partial charge >= 0.3 is 5.97 Å². The lowest BCUT2D eigenvalue weighted by Gasteiger charge is -2.13. The van der Waals surface area contributed by atoms with Crippen LogP contribution in [0.15, 0.2) is 97.1 Å². The average Bonchev–Trinajstić information content (AvgIpc) is 3.32. The van der Waals surface area contributed by atoms with Gasteiger partial charge in [-0.15, -0.1) is 0 Å². The van der Waals surface area contributed by atoms with E-state index in [0.717, 1.165) is 11.3 Å². The van der Waals surface area contributed by atoms with E-state index in [9.17, 15) is 14.0 Å². The molecule has 1 amide bonds. The van der Waals surface area contributed by atoms with Crippen LogP contribution < -0.4 is 15.0 Å². The Hall–Kier alpha value is -4.95. The minimum Gasteiger partial charge on any atom is -0.407 e. The average molecular weight is 569 g/mol. The highest BCUT2D eigenvalue weighted by atomic mass is 35.5. The quantitative estimate of drug-likeness (QED) is 0.209. The summed E-state index contributed by atoms with van der Waals surface area (Å²) < 4.78 is 20.9. The van der Waals surface area contributed by atoms with Gasteiger partial charge in [0.05, 0.1) is 11.3 Å². The maximum atomic E-state index is 13.7. The van der Waals surface area contributed by atoms with Crippen LogP contribution >= 0.6 is 11.6 Å². The van der Waals surface area contributed by atoms with E-state index in [1.165, 1.54) is 23.7 Å². The van der Waals surface area contributed by atoms with Crippen molar-refractivity contribution in [3.63, 3.8) is 0 Å². The van der Waals surface area contributed by atoms with Gasteiger partial charge in [-0.2, -0.15) is 9.78 Å². The first kappa shape index (κ1) is 27.6. The molecule has 0 aliphatic rings. The number of nitrogens with zero attached hydrogens (tertiary/aromatic N) is 3. The van der Waals surface area contributed by atoms with E-state index in [4.69, 9.17) is 21.4 Å². The zero-order valence-corrected chi connectivity index (χ0v) is 23.3. The summed E-state index contributed by atoms with van der Waals surface area (Å²) in [5, 5.41) is 8.16. The van der Waals surface area contributed by atoms with Crippen molar-refractivity contribution in [3.05, 3.63) is 113 Å². The van der Waals surface area contributed by atoms with Gasteiger partial charge in [0.25, 0.3) is 5.91 Å². The van der Waals surface area contributed by atoms with Crippen LogP contribution in [0.1, 0.15) is 17.3 Å². The first-order chi connectivity index (χ1) is 19.7. The van der Waals surface area contributed by atoms with Crippen molar-refractivity contribution in [2.24, 2.45) is 0 Å². The first-order valence-electron chi connectivity index (χ1n) is 12.7. The van der Waals surface area contributed by atoms with Crippen molar-refractivity contribution in [1.82, 2.24) is 9.78 Å². The molecule has 0 fully saturated rings. The molecule has 0 radical (unpaired) electrons. The van der Waals surface area contributed by atoms with Gasteiger partial charge in [0, 0.05) is 48.5 Å². The van der Waals surface area contributed by atoms with Gasteiger partial charge in [-0.05, 0) is 72.3 Å². The fraction of sp³-hybridized carbons (Fsp3) is 0.0938. The van der Waals surface area contributed by atoms with Gasteiger partial charge in [0.1, 0.15) is 11.5 Å². The zero-order chi connectivity index (χ0) is 29.1. The molecular weight excluding hydrogens is 543 g/mol. The van der Waals surface area contributed by atoms with Crippen LogP contribution in [0.5, 0.6) is 5.88 Å². The summed E-state index contributed by atoms with van der Waals surface area (Å²) in [5.41, 5.74) is 5.14. The fourth-order valence-corrected chi connectivity index (χ4v) is 4.51. The Morgan fingerprint density at radius 2 is 1.56 bits per heavy atom. The fourth-order valence-electron chi connectivity index (χ4n) is 4.32. The van der Waals surface area contributed by atoms with Crippen LogP contribution in [0.3, 0.4) is 0 Å². The number of amides is 1. The Kier molecular flexibility index (Phi) is 7.85. The van der Waals surface area contributed by atoms with Crippen molar-refractivity contribution in [1.29, 1.82) is 0 Å². The van der Waals surface area contributed by atoms with Gasteiger partial charge in [-0.1, -0.05) is 41.9 Å². The third kappa shape index (κ3) is 6.13. The highest BCUT2D eigenvalue weighted by molar-refractivity contribution is 6.31. The third-order valence-corrected chi connectivity index (χ3v) is 6.57. The number of benzene rings is 4. The number of carbonyl (C=O) groups is 2. The lowest BCUT2D eigenvalue weighted by Crippen LogP contribution is -2.11. The summed E-state index contributed by atoms with van der Waals surface area (Å²) >= 11 is 6.03. The van der Waals surface area contributed by atoms with Crippen LogP contribution in [0, 0.1) is 5.82 Å². The molecule has 9 heteroatoms. The minimum absolute atomic E-state index is 0.187. The summed E-state index contributed by atoms with van der Waals surface area (Å²) in [7, 11) is 3.91. The number of aromatic nitrogens is 2. The van der Waals surface area contributed by atoms with E-state index in [-0.39, 0.29) is 11.8 Å². The number of anilines is 2. The number of hydrogen-bond acceptors (Lipinski definition) is 5. The molecule has 0 saturated carbocycles. The van der Waals surface area contributed by atoms with Gasteiger partial charge in [0.2, 0.25) is 5.88 Å². The largest absolute Gasteiger partial charge is 0.407 e. The second-order valence-electron chi connectivity index (χ2n) is 9.49. The Bertz CT molecular complexity index is 1710. The molecule has 0 bridgehead atoms. The van der Waals surface area contributed by atoms with Gasteiger partial charge < -0.3 is 15.0 Å². The standard InChI is InChI=1S/C32H26ClFN4O3/c1-20(39)41-32-29(21-7-13-26(14-8-21)35-31(40)23-5-4-6-24(33)19-23)30(22-9-15-27(16-10-22)37(2)3)36-38(32)28-17-11-25(34)12-18-28/h4-19H,1-3H3,(H,35,40). The number of rotatable bonds is 7. The van der Waals surface area contributed by atoms with Gasteiger partial charge in [0.15, 0.2) is 0 Å². The predicted molar refractivity (Wildman–Crippen MR) is 159 cm³/mol. The Morgan fingerprint density at radius 1 is 0.902 bits per heavy atom. The molecule has 0 saturated heterocycles. The molecule has 1 N–H and O–H groups in total. The number of carbonyl (C=O) groups excluding carboxylic acids is 2. The topological polar surface area (TPSA) is 76.5 Å². The van der Waals surface area contributed by atoms with Crippen molar-refractivity contribution in [2.45, 2.75) is 6.92 Å². The summed E-state index contributed by atoms with van der Waals surface area (Å²) in [6.07, 6.45) is 0. The second kappa shape index (κ2) is 11.7. The van der Waals surface area contributed by atoms with E-state index in [1.54, 1.807) is 48.5 Å². The van der Waals surface area contributed by atoms with Gasteiger partial charge in [-0.25, -0.2) is 4.39 Å². The predicted octanol–water partition coefficient (Wildman–Crippen LogP) is 7.24. The molecule has 7 nitrogen and oxygen atoms in total. The van der Waals surface area contributed by atoms with E-state index in [1.807, 2.05) is 55.4 Å². The van der Waals surface area contributed by atoms with Gasteiger partial charge in [-0.3, -0.25) is 9.59 Å². The highest BCUT2D eigenvalue weighted by Crippen LogP contribution is 2.41. The number of hydrogen-bond donors (Lipinski definition) is 1. The minimum atomic E-state index is -0.533. The van der Waals surface area contributed by atoms with E-state index in [0.29, 0.717) is 38.8 Å². The molecule has 1 aromatic heterocycles. The highest BCUT2D eigenvalue weighted by Gasteiger charge is 2.25. The SMILES string of the molecule is CC(=O)Oc1c(-c2ccc(NC(=O)c3cccc(Cl)c3)cc2)c(-c2ccc(N(C)C)cc2)nn1-c1ccc(F)cc1. The molecule has 0 aliphatic heterocycles. The molecule has 0 aliphatic carbocycles. The molecule has 4 aromatic carbocycles. The molecule has 206 valence electrons. The molecule has 0 unspecified atom stereocenters. The summed E-state index contributed by atoms with van der Waals surface area (Å²) in [5.74, 6) is -1.04. The van der Waals surface area contributed by atoms with Crippen molar-refractivity contribution >= 4 is 34.9 Å². The van der Waals surface area contributed by atoms with E-state index in [2.05, 4.69) is 5.32 Å².